The lowest BCUT2D eigenvalue weighted by molar-refractivity contribution is -0.140. The van der Waals surface area contributed by atoms with Crippen molar-refractivity contribution in [1.29, 1.82) is 0 Å². The Balaban J connectivity index is 1.48. The van der Waals surface area contributed by atoms with Gasteiger partial charge >= 0.3 is 6.03 Å². The first-order valence-electron chi connectivity index (χ1n) is 8.78. The molecule has 2 fully saturated rings. The van der Waals surface area contributed by atoms with Crippen molar-refractivity contribution >= 4 is 45.1 Å². The van der Waals surface area contributed by atoms with E-state index in [9.17, 15) is 14.4 Å². The van der Waals surface area contributed by atoms with Crippen LogP contribution in [0.3, 0.4) is 0 Å². The molecule has 0 unspecified atom stereocenters. The van der Waals surface area contributed by atoms with Crippen LogP contribution < -0.4 is 10.7 Å². The average Bonchev–Trinajstić information content (AvgIpc) is 3.10. The molecule has 142 valence electrons. The van der Waals surface area contributed by atoms with E-state index in [1.807, 2.05) is 24.1 Å². The Labute approximate surface area is 165 Å². The first kappa shape index (κ1) is 19.3. The molecule has 1 aromatic rings. The third-order valence-corrected chi connectivity index (χ3v) is 6.49. The third kappa shape index (κ3) is 4.27. The predicted octanol–water partition coefficient (Wildman–Crippen LogP) is 2.62. The van der Waals surface area contributed by atoms with Crippen LogP contribution in [-0.4, -0.2) is 46.9 Å². The molecule has 2 N–H and O–H groups in total. The summed E-state index contributed by atoms with van der Waals surface area (Å²) >= 11 is 5.09. The summed E-state index contributed by atoms with van der Waals surface area (Å²) in [4.78, 5) is 40.2. The van der Waals surface area contributed by atoms with Gasteiger partial charge in [0.2, 0.25) is 5.91 Å². The number of nitrogens with one attached hydrogen (secondary N) is 2. The highest BCUT2D eigenvalue weighted by Gasteiger charge is 2.52. The quantitative estimate of drug-likeness (QED) is 0.663. The number of carbonyl (C=O) groups excluding carboxylic acids is 3. The molecule has 1 spiro atoms. The van der Waals surface area contributed by atoms with Gasteiger partial charge in [0.1, 0.15) is 5.54 Å². The molecule has 0 radical (unpaired) electrons. The van der Waals surface area contributed by atoms with E-state index in [1.165, 1.54) is 4.88 Å². The van der Waals surface area contributed by atoms with Crippen LogP contribution in [0.2, 0.25) is 0 Å². The molecule has 1 aliphatic heterocycles. The van der Waals surface area contributed by atoms with Crippen molar-refractivity contribution in [2.45, 2.75) is 50.6 Å². The van der Waals surface area contributed by atoms with Crippen molar-refractivity contribution in [3.63, 3.8) is 0 Å². The Morgan fingerprint density at radius 1 is 1.35 bits per heavy atom. The second kappa shape index (κ2) is 8.06. The van der Waals surface area contributed by atoms with Gasteiger partial charge in [-0.25, -0.2) is 4.79 Å². The fourth-order valence-corrected chi connectivity index (χ4v) is 5.03. The summed E-state index contributed by atoms with van der Waals surface area (Å²) in [5.74, 6) is -0.659. The number of nitrogens with zero attached hydrogens (tertiary/aromatic N) is 2. The standard InChI is InChI=1S/C17H23BrN4O3S/c1-21(11-12-5-6-13(18)26-12)10-7-14(23)20-22-15(24)17(19-16(22)25)8-3-2-4-9-17/h5-6H,2-4,7-11H2,1H3,(H,19,25)(H,20,23). The number of rotatable bonds is 6. The molecule has 7 nitrogen and oxygen atoms in total. The van der Waals surface area contributed by atoms with Crippen LogP contribution >= 0.6 is 27.3 Å². The van der Waals surface area contributed by atoms with E-state index in [1.54, 1.807) is 11.3 Å². The minimum Gasteiger partial charge on any atom is -0.322 e. The number of hydrogen-bond acceptors (Lipinski definition) is 5. The fraction of sp³-hybridized carbons (Fsp3) is 0.588. The van der Waals surface area contributed by atoms with E-state index in [0.717, 1.165) is 34.6 Å². The van der Waals surface area contributed by atoms with Crippen molar-refractivity contribution in [3.05, 3.63) is 20.8 Å². The summed E-state index contributed by atoms with van der Waals surface area (Å²) < 4.78 is 1.08. The minimum absolute atomic E-state index is 0.215. The molecular formula is C17H23BrN4O3S. The van der Waals surface area contributed by atoms with Gasteiger partial charge < -0.3 is 10.2 Å². The largest absolute Gasteiger partial charge is 0.344 e. The Morgan fingerprint density at radius 2 is 2.08 bits per heavy atom. The van der Waals surface area contributed by atoms with E-state index in [4.69, 9.17) is 0 Å². The molecule has 0 aromatic carbocycles. The topological polar surface area (TPSA) is 81.8 Å². The monoisotopic (exact) mass is 442 g/mol. The molecule has 2 aliphatic rings. The molecule has 26 heavy (non-hydrogen) atoms. The van der Waals surface area contributed by atoms with Crippen LogP contribution in [0.4, 0.5) is 4.79 Å². The summed E-state index contributed by atoms with van der Waals surface area (Å²) in [6.07, 6.45) is 4.40. The van der Waals surface area contributed by atoms with Gasteiger partial charge in [-0.3, -0.25) is 15.0 Å². The number of hydrazine groups is 1. The van der Waals surface area contributed by atoms with Crippen LogP contribution in [0, 0.1) is 0 Å². The highest BCUT2D eigenvalue weighted by molar-refractivity contribution is 9.11. The first-order chi connectivity index (χ1) is 12.4. The zero-order chi connectivity index (χ0) is 18.7. The van der Waals surface area contributed by atoms with E-state index in [-0.39, 0.29) is 18.2 Å². The number of urea groups is 1. The molecule has 4 amide bonds. The third-order valence-electron chi connectivity index (χ3n) is 4.88. The smallest absolute Gasteiger partial charge is 0.322 e. The van der Waals surface area contributed by atoms with Crippen molar-refractivity contribution < 1.29 is 14.4 Å². The number of hydrogen-bond donors (Lipinski definition) is 2. The molecule has 9 heteroatoms. The molecule has 1 aliphatic carbocycles. The van der Waals surface area contributed by atoms with E-state index in [0.29, 0.717) is 19.4 Å². The molecule has 0 bridgehead atoms. The van der Waals surface area contributed by atoms with Crippen LogP contribution in [0.25, 0.3) is 0 Å². The molecular weight excluding hydrogens is 420 g/mol. The summed E-state index contributed by atoms with van der Waals surface area (Å²) in [7, 11) is 1.94. The van der Waals surface area contributed by atoms with Gasteiger partial charge in [0.25, 0.3) is 5.91 Å². The number of imide groups is 1. The van der Waals surface area contributed by atoms with Gasteiger partial charge in [-0.2, -0.15) is 5.01 Å². The Bertz CT molecular complexity index is 702. The summed E-state index contributed by atoms with van der Waals surface area (Å²) in [5.41, 5.74) is 1.66. The van der Waals surface area contributed by atoms with Crippen molar-refractivity contribution in [1.82, 2.24) is 20.7 Å². The van der Waals surface area contributed by atoms with Crippen molar-refractivity contribution in [2.24, 2.45) is 0 Å². The van der Waals surface area contributed by atoms with Crippen molar-refractivity contribution in [2.75, 3.05) is 13.6 Å². The average molecular weight is 443 g/mol. The van der Waals surface area contributed by atoms with Gasteiger partial charge in [0, 0.05) is 24.4 Å². The summed E-state index contributed by atoms with van der Waals surface area (Å²) in [6.45, 7) is 1.28. The Hall–Kier alpha value is -1.45. The maximum absolute atomic E-state index is 12.6. The number of carbonyl (C=O) groups is 3. The summed E-state index contributed by atoms with van der Waals surface area (Å²) in [5, 5.41) is 3.65. The Morgan fingerprint density at radius 3 is 2.73 bits per heavy atom. The minimum atomic E-state index is -0.814. The van der Waals surface area contributed by atoms with Crippen molar-refractivity contribution in [3.8, 4) is 0 Å². The molecule has 1 saturated heterocycles. The van der Waals surface area contributed by atoms with Gasteiger partial charge in [-0.1, -0.05) is 19.3 Å². The molecule has 0 atom stereocenters. The van der Waals surface area contributed by atoms with E-state index in [2.05, 4.69) is 26.7 Å². The van der Waals surface area contributed by atoms with Gasteiger partial charge in [-0.05, 0) is 48.0 Å². The summed E-state index contributed by atoms with van der Waals surface area (Å²) in [6, 6.07) is 3.52. The lowest BCUT2D eigenvalue weighted by Gasteiger charge is -2.30. The van der Waals surface area contributed by atoms with Gasteiger partial charge in [0.05, 0.1) is 3.79 Å². The maximum atomic E-state index is 12.6. The number of amides is 4. The second-order valence-electron chi connectivity index (χ2n) is 6.94. The van der Waals surface area contributed by atoms with Crippen LogP contribution in [-0.2, 0) is 16.1 Å². The normalized spacial score (nSPS) is 19.3. The number of thiophene rings is 1. The molecule has 1 aromatic heterocycles. The molecule has 3 rings (SSSR count). The highest BCUT2D eigenvalue weighted by atomic mass is 79.9. The second-order valence-corrected chi connectivity index (χ2v) is 9.49. The predicted molar refractivity (Wildman–Crippen MR) is 102 cm³/mol. The molecule has 1 saturated carbocycles. The zero-order valence-electron chi connectivity index (χ0n) is 14.7. The highest BCUT2D eigenvalue weighted by Crippen LogP contribution is 2.33. The fourth-order valence-electron chi connectivity index (χ4n) is 3.47. The Kier molecular flexibility index (Phi) is 5.99. The van der Waals surface area contributed by atoms with Gasteiger partial charge in [0.15, 0.2) is 0 Å². The number of halogens is 1. The van der Waals surface area contributed by atoms with Crippen LogP contribution in [0.5, 0.6) is 0 Å². The maximum Gasteiger partial charge on any atom is 0.344 e. The zero-order valence-corrected chi connectivity index (χ0v) is 17.1. The SMILES string of the molecule is CN(CCC(=O)NN1C(=O)NC2(CCCCC2)C1=O)Cc1ccc(Br)s1. The van der Waals surface area contributed by atoms with E-state index < -0.39 is 11.6 Å². The van der Waals surface area contributed by atoms with Gasteiger partial charge in [-0.15, -0.1) is 11.3 Å². The van der Waals surface area contributed by atoms with Crippen LogP contribution in [0.15, 0.2) is 15.9 Å². The molecule has 2 heterocycles. The lowest BCUT2D eigenvalue weighted by atomic mass is 9.82. The first-order valence-corrected chi connectivity index (χ1v) is 10.4. The lowest BCUT2D eigenvalue weighted by Crippen LogP contribution is -2.51. The van der Waals surface area contributed by atoms with E-state index >= 15 is 0 Å². The van der Waals surface area contributed by atoms with Crippen LogP contribution in [0.1, 0.15) is 43.4 Å².